The molecule has 1 aromatic carbocycles. The minimum atomic E-state index is -0.480. The second kappa shape index (κ2) is 6.39. The van der Waals surface area contributed by atoms with Gasteiger partial charge in [0.05, 0.1) is 11.7 Å². The lowest BCUT2D eigenvalue weighted by molar-refractivity contribution is 0.0953. The van der Waals surface area contributed by atoms with Gasteiger partial charge in [-0.1, -0.05) is 15.9 Å². The Hall–Kier alpha value is -1.07. The van der Waals surface area contributed by atoms with E-state index in [0.29, 0.717) is 17.2 Å². The van der Waals surface area contributed by atoms with Crippen molar-refractivity contribution in [3.8, 4) is 5.75 Å². The molecular weight excluding hydrogens is 310 g/mol. The van der Waals surface area contributed by atoms with E-state index in [1.807, 2.05) is 0 Å². The van der Waals surface area contributed by atoms with E-state index in [-0.39, 0.29) is 12.7 Å². The quantitative estimate of drug-likeness (QED) is 0.892. The molecule has 0 spiro atoms. The first-order chi connectivity index (χ1) is 9.10. The van der Waals surface area contributed by atoms with Crippen molar-refractivity contribution >= 4 is 21.8 Å². The average Bonchev–Trinajstić information content (AvgIpc) is 2.39. The highest BCUT2D eigenvalue weighted by molar-refractivity contribution is 9.10. The van der Waals surface area contributed by atoms with Crippen molar-refractivity contribution in [3.63, 3.8) is 0 Å². The molecule has 1 amide bonds. The molecule has 1 aliphatic rings. The van der Waals surface area contributed by atoms with Gasteiger partial charge in [-0.25, -0.2) is 0 Å². The molecule has 0 atom stereocenters. The van der Waals surface area contributed by atoms with E-state index >= 15 is 0 Å². The standard InChI is InChI=1S/C14H18BrNO3/c15-10-3-6-12(14(16)18)13(7-10)19-11-4-1-9(8-17)2-5-11/h3,6-7,9,11,17H,1-2,4-5,8H2,(H2,16,18). The second-order valence-corrected chi connectivity index (χ2v) is 5.86. The molecule has 0 aromatic heterocycles. The van der Waals surface area contributed by atoms with Gasteiger partial charge in [-0.2, -0.15) is 0 Å². The van der Waals surface area contributed by atoms with E-state index in [4.69, 9.17) is 15.6 Å². The van der Waals surface area contributed by atoms with Crippen molar-refractivity contribution in [2.45, 2.75) is 31.8 Å². The molecule has 1 fully saturated rings. The summed E-state index contributed by atoms with van der Waals surface area (Å²) in [7, 11) is 0. The fourth-order valence-corrected chi connectivity index (χ4v) is 2.75. The molecule has 4 nitrogen and oxygen atoms in total. The lowest BCUT2D eigenvalue weighted by Crippen LogP contribution is -2.26. The van der Waals surface area contributed by atoms with Gasteiger partial charge in [-0.3, -0.25) is 4.79 Å². The Morgan fingerprint density at radius 2 is 2.05 bits per heavy atom. The van der Waals surface area contributed by atoms with Crippen LogP contribution in [-0.2, 0) is 0 Å². The van der Waals surface area contributed by atoms with Crippen LogP contribution in [0.3, 0.4) is 0 Å². The number of nitrogens with two attached hydrogens (primary N) is 1. The summed E-state index contributed by atoms with van der Waals surface area (Å²) in [5, 5.41) is 9.11. The van der Waals surface area contributed by atoms with Crippen LogP contribution in [0.2, 0.25) is 0 Å². The van der Waals surface area contributed by atoms with Gasteiger partial charge in [0, 0.05) is 11.1 Å². The highest BCUT2D eigenvalue weighted by Gasteiger charge is 2.23. The van der Waals surface area contributed by atoms with Crippen molar-refractivity contribution < 1.29 is 14.6 Å². The predicted molar refractivity (Wildman–Crippen MR) is 76.1 cm³/mol. The Bertz CT molecular complexity index is 456. The molecule has 0 bridgehead atoms. The van der Waals surface area contributed by atoms with Crippen LogP contribution in [0.25, 0.3) is 0 Å². The molecule has 3 N–H and O–H groups in total. The number of carbonyl (C=O) groups is 1. The van der Waals surface area contributed by atoms with E-state index in [0.717, 1.165) is 30.2 Å². The van der Waals surface area contributed by atoms with Gasteiger partial charge < -0.3 is 15.6 Å². The molecule has 0 saturated heterocycles. The zero-order chi connectivity index (χ0) is 13.8. The largest absolute Gasteiger partial charge is 0.490 e. The van der Waals surface area contributed by atoms with Crippen LogP contribution in [-0.4, -0.2) is 23.7 Å². The number of primary amides is 1. The molecule has 5 heteroatoms. The lowest BCUT2D eigenvalue weighted by Gasteiger charge is -2.28. The maximum absolute atomic E-state index is 11.4. The zero-order valence-corrected chi connectivity index (χ0v) is 12.2. The number of rotatable bonds is 4. The van der Waals surface area contributed by atoms with Crippen molar-refractivity contribution in [2.24, 2.45) is 11.7 Å². The first-order valence-corrected chi connectivity index (χ1v) is 7.26. The van der Waals surface area contributed by atoms with Crippen molar-refractivity contribution in [2.75, 3.05) is 6.61 Å². The number of ether oxygens (including phenoxy) is 1. The molecule has 1 aromatic rings. The van der Waals surface area contributed by atoms with E-state index < -0.39 is 5.91 Å². The van der Waals surface area contributed by atoms with Crippen molar-refractivity contribution in [1.29, 1.82) is 0 Å². The fourth-order valence-electron chi connectivity index (χ4n) is 2.41. The molecule has 104 valence electrons. The maximum atomic E-state index is 11.4. The van der Waals surface area contributed by atoms with Crippen LogP contribution < -0.4 is 10.5 Å². The van der Waals surface area contributed by atoms with Crippen molar-refractivity contribution in [3.05, 3.63) is 28.2 Å². The van der Waals surface area contributed by atoms with Crippen LogP contribution in [0.15, 0.2) is 22.7 Å². The minimum absolute atomic E-state index is 0.0928. The molecule has 19 heavy (non-hydrogen) atoms. The summed E-state index contributed by atoms with van der Waals surface area (Å²) < 4.78 is 6.77. The summed E-state index contributed by atoms with van der Waals surface area (Å²) in [5.74, 6) is 0.443. The number of aliphatic hydroxyl groups is 1. The van der Waals surface area contributed by atoms with Gasteiger partial charge in [0.15, 0.2) is 0 Å². The van der Waals surface area contributed by atoms with Gasteiger partial charge in [0.2, 0.25) is 0 Å². The highest BCUT2D eigenvalue weighted by Crippen LogP contribution is 2.30. The van der Waals surface area contributed by atoms with Gasteiger partial charge in [-0.05, 0) is 49.8 Å². The molecule has 2 rings (SSSR count). The Kier molecular flexibility index (Phi) is 4.82. The number of hydrogen-bond donors (Lipinski definition) is 2. The summed E-state index contributed by atoms with van der Waals surface area (Å²) >= 11 is 3.37. The van der Waals surface area contributed by atoms with Crippen LogP contribution in [0.5, 0.6) is 5.75 Å². The van der Waals surface area contributed by atoms with E-state index in [9.17, 15) is 4.79 Å². The summed E-state index contributed by atoms with van der Waals surface area (Å²) in [4.78, 5) is 11.4. The van der Waals surface area contributed by atoms with Crippen LogP contribution >= 0.6 is 15.9 Å². The van der Waals surface area contributed by atoms with E-state index in [1.54, 1.807) is 18.2 Å². The highest BCUT2D eigenvalue weighted by atomic mass is 79.9. The Morgan fingerprint density at radius 1 is 1.37 bits per heavy atom. The topological polar surface area (TPSA) is 72.6 Å². The Labute approximate surface area is 121 Å². The molecule has 0 unspecified atom stereocenters. The summed E-state index contributed by atoms with van der Waals surface area (Å²) in [5.41, 5.74) is 5.76. The zero-order valence-electron chi connectivity index (χ0n) is 10.6. The SMILES string of the molecule is NC(=O)c1ccc(Br)cc1OC1CCC(CO)CC1. The average molecular weight is 328 g/mol. The van der Waals surface area contributed by atoms with Gasteiger partial charge in [0.1, 0.15) is 5.75 Å². The molecule has 0 radical (unpaired) electrons. The van der Waals surface area contributed by atoms with Crippen LogP contribution in [0.4, 0.5) is 0 Å². The number of aliphatic hydroxyl groups excluding tert-OH is 1. The Morgan fingerprint density at radius 3 is 2.63 bits per heavy atom. The number of amides is 1. The van der Waals surface area contributed by atoms with Gasteiger partial charge in [-0.15, -0.1) is 0 Å². The summed E-state index contributed by atoms with van der Waals surface area (Å²) in [6, 6.07) is 5.22. The molecule has 0 aliphatic heterocycles. The van der Waals surface area contributed by atoms with Gasteiger partial charge >= 0.3 is 0 Å². The third-order valence-corrected chi connectivity index (χ3v) is 4.05. The molecule has 0 heterocycles. The fraction of sp³-hybridized carbons (Fsp3) is 0.500. The van der Waals surface area contributed by atoms with E-state index in [1.165, 1.54) is 0 Å². The number of hydrogen-bond acceptors (Lipinski definition) is 3. The molecule has 1 saturated carbocycles. The third kappa shape index (κ3) is 3.70. The second-order valence-electron chi connectivity index (χ2n) is 4.95. The first-order valence-electron chi connectivity index (χ1n) is 6.47. The Balaban J connectivity index is 2.06. The smallest absolute Gasteiger partial charge is 0.252 e. The number of benzene rings is 1. The minimum Gasteiger partial charge on any atom is -0.490 e. The third-order valence-electron chi connectivity index (χ3n) is 3.55. The van der Waals surface area contributed by atoms with Crippen molar-refractivity contribution in [1.82, 2.24) is 0 Å². The number of halogens is 1. The number of carbonyl (C=O) groups excluding carboxylic acids is 1. The first kappa shape index (κ1) is 14.3. The van der Waals surface area contributed by atoms with E-state index in [2.05, 4.69) is 15.9 Å². The molecule has 1 aliphatic carbocycles. The normalized spacial score (nSPS) is 23.1. The lowest BCUT2D eigenvalue weighted by atomic mass is 9.88. The van der Waals surface area contributed by atoms with Gasteiger partial charge in [0.25, 0.3) is 5.91 Å². The monoisotopic (exact) mass is 327 g/mol. The predicted octanol–water partition coefficient (Wildman–Crippen LogP) is 2.48. The summed E-state index contributed by atoms with van der Waals surface area (Å²) in [6.45, 7) is 0.246. The molecular formula is C14H18BrNO3. The summed E-state index contributed by atoms with van der Waals surface area (Å²) in [6.07, 6.45) is 3.81. The van der Waals surface area contributed by atoms with Crippen LogP contribution in [0, 0.1) is 5.92 Å². The van der Waals surface area contributed by atoms with Crippen LogP contribution in [0.1, 0.15) is 36.0 Å². The maximum Gasteiger partial charge on any atom is 0.252 e.